The summed E-state index contributed by atoms with van der Waals surface area (Å²) < 4.78 is 2.06. The topological polar surface area (TPSA) is 50.3 Å². The Balaban J connectivity index is 1.75. The molecule has 5 nitrogen and oxygen atoms in total. The summed E-state index contributed by atoms with van der Waals surface area (Å²) in [5.41, 5.74) is 13.2. The van der Waals surface area contributed by atoms with Crippen molar-refractivity contribution in [1.82, 2.24) is 14.5 Å². The van der Waals surface area contributed by atoms with E-state index < -0.39 is 0 Å². The second-order valence-electron chi connectivity index (χ2n) is 7.14. The van der Waals surface area contributed by atoms with Gasteiger partial charge in [0, 0.05) is 43.0 Å². The molecule has 4 rings (SSSR count). The van der Waals surface area contributed by atoms with E-state index in [1.807, 2.05) is 19.6 Å². The van der Waals surface area contributed by atoms with Crippen LogP contribution in [0.15, 0.2) is 71.6 Å². The predicted molar refractivity (Wildman–Crippen MR) is 117 cm³/mol. The molecule has 1 aliphatic rings. The maximum absolute atomic E-state index is 6.41. The SMILES string of the molecule is CC(=C(c1ccc(N2c3ccccc3SC2N)cc1)c1cncn1C)N(C)C. The summed E-state index contributed by atoms with van der Waals surface area (Å²) in [6, 6.07) is 17.0. The Morgan fingerprint density at radius 2 is 1.82 bits per heavy atom. The third-order valence-corrected chi connectivity index (χ3v) is 6.22. The average Bonchev–Trinajstić information content (AvgIpc) is 3.25. The van der Waals surface area contributed by atoms with E-state index in [9.17, 15) is 0 Å². The fourth-order valence-corrected chi connectivity index (χ4v) is 4.56. The molecular weight excluding hydrogens is 366 g/mol. The monoisotopic (exact) mass is 391 g/mol. The molecule has 1 unspecified atom stereocenters. The van der Waals surface area contributed by atoms with Crippen LogP contribution in [0.4, 0.5) is 11.4 Å². The number of fused-ring (bicyclic) bond motifs is 1. The van der Waals surface area contributed by atoms with Gasteiger partial charge in [-0.05, 0) is 36.8 Å². The molecular formula is C22H25N5S. The number of hydrogen-bond donors (Lipinski definition) is 1. The van der Waals surface area contributed by atoms with E-state index >= 15 is 0 Å². The Hall–Kier alpha value is -2.70. The highest BCUT2D eigenvalue weighted by Crippen LogP contribution is 2.45. The van der Waals surface area contributed by atoms with Gasteiger partial charge in [0.2, 0.25) is 0 Å². The fourth-order valence-electron chi connectivity index (χ4n) is 3.51. The van der Waals surface area contributed by atoms with Gasteiger partial charge in [0.1, 0.15) is 5.50 Å². The zero-order chi connectivity index (χ0) is 19.8. The summed E-state index contributed by atoms with van der Waals surface area (Å²) in [6.07, 6.45) is 3.75. The van der Waals surface area contributed by atoms with Crippen molar-refractivity contribution in [3.05, 3.63) is 78.0 Å². The second kappa shape index (κ2) is 7.37. The predicted octanol–water partition coefficient (Wildman–Crippen LogP) is 4.25. The Labute approximate surface area is 170 Å². The minimum atomic E-state index is -0.112. The lowest BCUT2D eigenvalue weighted by Gasteiger charge is -2.24. The van der Waals surface area contributed by atoms with Crippen LogP contribution in [0.1, 0.15) is 18.2 Å². The first-order valence-electron chi connectivity index (χ1n) is 9.23. The highest BCUT2D eigenvalue weighted by Gasteiger charge is 2.28. The van der Waals surface area contributed by atoms with Crippen LogP contribution in [0.5, 0.6) is 0 Å². The van der Waals surface area contributed by atoms with Crippen molar-refractivity contribution in [2.45, 2.75) is 17.3 Å². The van der Waals surface area contributed by atoms with Crippen LogP contribution in [-0.4, -0.2) is 34.0 Å². The molecule has 1 atom stereocenters. The molecule has 0 radical (unpaired) electrons. The van der Waals surface area contributed by atoms with E-state index in [0.717, 1.165) is 16.9 Å². The van der Waals surface area contributed by atoms with Gasteiger partial charge in [-0.1, -0.05) is 36.0 Å². The Morgan fingerprint density at radius 3 is 2.46 bits per heavy atom. The van der Waals surface area contributed by atoms with E-state index in [2.05, 4.69) is 88.9 Å². The molecule has 2 aromatic carbocycles. The number of para-hydroxylation sites is 1. The number of imidazole rings is 1. The molecule has 0 saturated carbocycles. The summed E-state index contributed by atoms with van der Waals surface area (Å²) in [5, 5.41) is 0. The van der Waals surface area contributed by atoms with E-state index in [1.54, 1.807) is 11.8 Å². The number of aromatic nitrogens is 2. The molecule has 1 aliphatic heterocycles. The number of nitrogens with two attached hydrogens (primary N) is 1. The molecule has 28 heavy (non-hydrogen) atoms. The smallest absolute Gasteiger partial charge is 0.134 e. The zero-order valence-corrected chi connectivity index (χ0v) is 17.4. The molecule has 0 bridgehead atoms. The van der Waals surface area contributed by atoms with Crippen molar-refractivity contribution in [2.24, 2.45) is 12.8 Å². The number of thioether (sulfide) groups is 1. The number of hydrogen-bond acceptors (Lipinski definition) is 5. The molecule has 6 heteroatoms. The summed E-state index contributed by atoms with van der Waals surface area (Å²) in [4.78, 5) is 9.86. The van der Waals surface area contributed by atoms with E-state index in [1.165, 1.54) is 21.9 Å². The molecule has 2 N–H and O–H groups in total. The average molecular weight is 392 g/mol. The first-order valence-corrected chi connectivity index (χ1v) is 10.1. The van der Waals surface area contributed by atoms with E-state index in [0.29, 0.717) is 0 Å². The lowest BCUT2D eigenvalue weighted by molar-refractivity contribution is 0.516. The van der Waals surface area contributed by atoms with Crippen molar-refractivity contribution in [2.75, 3.05) is 19.0 Å². The number of nitrogens with zero attached hydrogens (tertiary/aromatic N) is 4. The molecule has 0 spiro atoms. The molecule has 0 fully saturated rings. The first kappa shape index (κ1) is 18.7. The van der Waals surface area contributed by atoms with Crippen molar-refractivity contribution >= 4 is 28.7 Å². The van der Waals surface area contributed by atoms with Gasteiger partial charge in [-0.3, -0.25) is 0 Å². The highest BCUT2D eigenvalue weighted by atomic mass is 32.2. The minimum Gasteiger partial charge on any atom is -0.381 e. The number of rotatable bonds is 4. The van der Waals surface area contributed by atoms with Gasteiger partial charge in [0.15, 0.2) is 0 Å². The van der Waals surface area contributed by atoms with Gasteiger partial charge in [-0.15, -0.1) is 0 Å². The van der Waals surface area contributed by atoms with E-state index in [-0.39, 0.29) is 5.50 Å². The van der Waals surface area contributed by atoms with Crippen molar-refractivity contribution in [3.63, 3.8) is 0 Å². The number of aryl methyl sites for hydroxylation is 1. The minimum absolute atomic E-state index is 0.112. The Bertz CT molecular complexity index is 1020. The standard InChI is InChI=1S/C22H25N5S/c1-15(25(2)3)21(19-13-24-14-26(19)4)16-9-11-17(12-10-16)27-18-7-5-6-8-20(18)28-22(27)23/h5-14,22H,23H2,1-4H3. The van der Waals surface area contributed by atoms with Crippen LogP contribution < -0.4 is 10.6 Å². The zero-order valence-electron chi connectivity index (χ0n) is 16.6. The second-order valence-corrected chi connectivity index (χ2v) is 8.30. The molecule has 0 amide bonds. The summed E-state index contributed by atoms with van der Waals surface area (Å²) in [5.74, 6) is 0. The van der Waals surface area contributed by atoms with Crippen LogP contribution >= 0.6 is 11.8 Å². The highest BCUT2D eigenvalue weighted by molar-refractivity contribution is 8.00. The summed E-state index contributed by atoms with van der Waals surface area (Å²) in [7, 11) is 6.16. The van der Waals surface area contributed by atoms with Gasteiger partial charge in [-0.2, -0.15) is 0 Å². The van der Waals surface area contributed by atoms with Crippen molar-refractivity contribution in [3.8, 4) is 0 Å². The number of benzene rings is 2. The first-order chi connectivity index (χ1) is 13.5. The van der Waals surface area contributed by atoms with Crippen LogP contribution in [0, 0.1) is 0 Å². The quantitative estimate of drug-likeness (QED) is 0.721. The van der Waals surface area contributed by atoms with Crippen LogP contribution in [0.2, 0.25) is 0 Å². The molecule has 0 aliphatic carbocycles. The third kappa shape index (κ3) is 3.19. The number of allylic oxidation sites excluding steroid dienone is 1. The largest absolute Gasteiger partial charge is 0.381 e. The lowest BCUT2D eigenvalue weighted by Crippen LogP contribution is -2.31. The van der Waals surface area contributed by atoms with Crippen LogP contribution in [-0.2, 0) is 7.05 Å². The van der Waals surface area contributed by atoms with Crippen molar-refractivity contribution < 1.29 is 0 Å². The third-order valence-electron chi connectivity index (χ3n) is 5.17. The van der Waals surface area contributed by atoms with Gasteiger partial charge in [0.25, 0.3) is 0 Å². The Morgan fingerprint density at radius 1 is 1.11 bits per heavy atom. The van der Waals surface area contributed by atoms with Crippen LogP contribution in [0.3, 0.4) is 0 Å². The van der Waals surface area contributed by atoms with Gasteiger partial charge in [0.05, 0.1) is 23.9 Å². The molecule has 144 valence electrons. The maximum Gasteiger partial charge on any atom is 0.134 e. The summed E-state index contributed by atoms with van der Waals surface area (Å²) in [6.45, 7) is 2.14. The fraction of sp³-hybridized carbons (Fsp3) is 0.227. The normalized spacial score (nSPS) is 16.8. The molecule has 0 saturated heterocycles. The van der Waals surface area contributed by atoms with Gasteiger partial charge >= 0.3 is 0 Å². The molecule has 3 aromatic rings. The Kier molecular flexibility index (Phi) is 4.91. The van der Waals surface area contributed by atoms with Gasteiger partial charge < -0.3 is 20.1 Å². The van der Waals surface area contributed by atoms with Crippen molar-refractivity contribution in [1.29, 1.82) is 0 Å². The van der Waals surface area contributed by atoms with Crippen LogP contribution in [0.25, 0.3) is 5.57 Å². The lowest BCUT2D eigenvalue weighted by atomic mass is 10.00. The maximum atomic E-state index is 6.41. The number of anilines is 2. The molecule has 2 heterocycles. The van der Waals surface area contributed by atoms with Gasteiger partial charge in [-0.25, -0.2) is 4.98 Å². The molecule has 1 aromatic heterocycles. The summed E-state index contributed by atoms with van der Waals surface area (Å²) >= 11 is 1.69. The van der Waals surface area contributed by atoms with E-state index in [4.69, 9.17) is 5.73 Å².